The zero-order chi connectivity index (χ0) is 24.1. The quantitative estimate of drug-likeness (QED) is 0.684. The number of amides is 2. The molecule has 2 aromatic rings. The molecule has 2 saturated heterocycles. The van der Waals surface area contributed by atoms with Crippen molar-refractivity contribution in [3.8, 4) is 0 Å². The van der Waals surface area contributed by atoms with E-state index in [1.54, 1.807) is 0 Å². The molecule has 8 heteroatoms. The number of hydrogen-bond donors (Lipinski definition) is 1. The lowest BCUT2D eigenvalue weighted by molar-refractivity contribution is -0.134. The average Bonchev–Trinajstić information content (AvgIpc) is 2.83. The van der Waals surface area contributed by atoms with E-state index in [1.165, 1.54) is 5.69 Å². The Morgan fingerprint density at radius 3 is 1.97 bits per heavy atom. The van der Waals surface area contributed by atoms with Crippen molar-refractivity contribution in [1.29, 1.82) is 0 Å². The topological polar surface area (TPSA) is 59.1 Å². The van der Waals surface area contributed by atoms with Crippen LogP contribution in [0.2, 0.25) is 5.02 Å². The molecule has 0 saturated carbocycles. The van der Waals surface area contributed by atoms with Gasteiger partial charge >= 0.3 is 0 Å². The largest absolute Gasteiger partial charge is 0.369 e. The first-order valence-corrected chi connectivity index (χ1v) is 12.4. The molecule has 0 bridgehead atoms. The molecule has 2 amide bonds. The Hall–Kier alpha value is -2.61. The summed E-state index contributed by atoms with van der Waals surface area (Å²) in [5, 5.41) is 3.80. The Balaban J connectivity index is 1.17. The molecule has 1 N–H and O–H groups in total. The highest BCUT2D eigenvalue weighted by atomic mass is 35.5. The lowest BCUT2D eigenvalue weighted by Gasteiger charge is -2.38. The van der Waals surface area contributed by atoms with E-state index < -0.39 is 0 Å². The van der Waals surface area contributed by atoms with Gasteiger partial charge in [-0.25, -0.2) is 0 Å². The van der Waals surface area contributed by atoms with Crippen LogP contribution in [0.3, 0.4) is 0 Å². The maximum Gasteiger partial charge on any atom is 0.238 e. The first kappa shape index (κ1) is 24.5. The van der Waals surface area contributed by atoms with E-state index in [-0.39, 0.29) is 11.8 Å². The summed E-state index contributed by atoms with van der Waals surface area (Å²) in [6.07, 6.45) is 0. The second kappa shape index (κ2) is 11.2. The van der Waals surface area contributed by atoms with Gasteiger partial charge in [-0.15, -0.1) is 0 Å². The zero-order valence-corrected chi connectivity index (χ0v) is 20.9. The minimum atomic E-state index is -0.00395. The fourth-order valence-electron chi connectivity index (χ4n) is 4.66. The number of rotatable bonds is 6. The number of benzene rings is 2. The van der Waals surface area contributed by atoms with Crippen LogP contribution in [0.1, 0.15) is 11.1 Å². The van der Waals surface area contributed by atoms with Crippen LogP contribution in [-0.4, -0.2) is 92.0 Å². The maximum atomic E-state index is 12.9. The van der Waals surface area contributed by atoms with Crippen molar-refractivity contribution < 1.29 is 9.59 Å². The van der Waals surface area contributed by atoms with Crippen molar-refractivity contribution in [2.24, 2.45) is 0 Å². The second-order valence-electron chi connectivity index (χ2n) is 9.21. The molecule has 2 aromatic carbocycles. The first-order valence-electron chi connectivity index (χ1n) is 12.0. The summed E-state index contributed by atoms with van der Waals surface area (Å²) >= 11 is 5.99. The maximum absolute atomic E-state index is 12.9. The van der Waals surface area contributed by atoms with Crippen LogP contribution in [0.15, 0.2) is 42.5 Å². The minimum Gasteiger partial charge on any atom is -0.369 e. The van der Waals surface area contributed by atoms with E-state index in [1.807, 2.05) is 61.2 Å². The Bertz CT molecular complexity index is 977. The molecule has 34 heavy (non-hydrogen) atoms. The molecule has 0 aliphatic carbocycles. The van der Waals surface area contributed by atoms with Crippen molar-refractivity contribution in [2.45, 2.75) is 13.8 Å². The summed E-state index contributed by atoms with van der Waals surface area (Å²) in [6, 6.07) is 13.9. The lowest BCUT2D eigenvalue weighted by atomic mass is 10.1. The van der Waals surface area contributed by atoms with E-state index in [9.17, 15) is 9.59 Å². The molecule has 4 rings (SSSR count). The number of hydrogen-bond acceptors (Lipinski definition) is 5. The highest BCUT2D eigenvalue weighted by Crippen LogP contribution is 2.20. The van der Waals surface area contributed by atoms with Gasteiger partial charge in [-0.2, -0.15) is 0 Å². The average molecular weight is 484 g/mol. The molecule has 0 unspecified atom stereocenters. The van der Waals surface area contributed by atoms with E-state index in [0.717, 1.165) is 61.1 Å². The van der Waals surface area contributed by atoms with Gasteiger partial charge < -0.3 is 15.1 Å². The number of nitrogens with one attached hydrogen (secondary N) is 1. The van der Waals surface area contributed by atoms with Gasteiger partial charge in [0.2, 0.25) is 11.8 Å². The van der Waals surface area contributed by atoms with Crippen molar-refractivity contribution in [1.82, 2.24) is 14.7 Å². The van der Waals surface area contributed by atoms with Crippen LogP contribution >= 0.6 is 11.6 Å². The summed E-state index contributed by atoms with van der Waals surface area (Å²) in [4.78, 5) is 34.0. The molecule has 7 nitrogen and oxygen atoms in total. The summed E-state index contributed by atoms with van der Waals surface area (Å²) in [6.45, 7) is 11.1. The molecule has 0 aromatic heterocycles. The van der Waals surface area contributed by atoms with Gasteiger partial charge in [0.05, 0.1) is 13.1 Å². The summed E-state index contributed by atoms with van der Waals surface area (Å²) < 4.78 is 0. The van der Waals surface area contributed by atoms with E-state index >= 15 is 0 Å². The van der Waals surface area contributed by atoms with Crippen molar-refractivity contribution in [3.63, 3.8) is 0 Å². The van der Waals surface area contributed by atoms with Gasteiger partial charge in [0.25, 0.3) is 0 Å². The van der Waals surface area contributed by atoms with Gasteiger partial charge in [0.15, 0.2) is 0 Å². The summed E-state index contributed by atoms with van der Waals surface area (Å²) in [7, 11) is 0. The van der Waals surface area contributed by atoms with Crippen LogP contribution < -0.4 is 10.2 Å². The predicted molar refractivity (Wildman–Crippen MR) is 138 cm³/mol. The molecule has 0 spiro atoms. The van der Waals surface area contributed by atoms with Crippen LogP contribution in [0.5, 0.6) is 0 Å². The van der Waals surface area contributed by atoms with Gasteiger partial charge in [0.1, 0.15) is 0 Å². The number of halogens is 1. The number of piperazine rings is 2. The molecule has 2 heterocycles. The highest BCUT2D eigenvalue weighted by molar-refractivity contribution is 6.30. The normalized spacial score (nSPS) is 17.6. The third-order valence-corrected chi connectivity index (χ3v) is 7.01. The predicted octanol–water partition coefficient (Wildman–Crippen LogP) is 2.86. The van der Waals surface area contributed by atoms with Crippen LogP contribution in [0.25, 0.3) is 0 Å². The van der Waals surface area contributed by atoms with Crippen LogP contribution in [0, 0.1) is 13.8 Å². The second-order valence-corrected chi connectivity index (χ2v) is 9.65. The van der Waals surface area contributed by atoms with E-state index in [4.69, 9.17) is 11.6 Å². The Morgan fingerprint density at radius 2 is 1.35 bits per heavy atom. The van der Waals surface area contributed by atoms with Gasteiger partial charge in [-0.1, -0.05) is 29.8 Å². The molecular formula is C26H34ClN5O2. The number of carbonyl (C=O) groups excluding carboxylic acids is 2. The standard InChI is InChI=1S/C26H34ClN5O2/c1-20-4-3-5-21(2)26(20)28-24(33)18-29-12-16-32(17-13-29)25(34)19-30-10-14-31(15-11-30)23-8-6-22(27)7-9-23/h3-9H,10-19H2,1-2H3,(H,28,33). The van der Waals surface area contributed by atoms with Gasteiger partial charge in [-0.05, 0) is 49.2 Å². The monoisotopic (exact) mass is 483 g/mol. The molecule has 0 atom stereocenters. The SMILES string of the molecule is Cc1cccc(C)c1NC(=O)CN1CCN(C(=O)CN2CCN(c3ccc(Cl)cc3)CC2)CC1. The number of aryl methyl sites for hydroxylation is 2. The number of nitrogens with zero attached hydrogens (tertiary/aromatic N) is 4. The fourth-order valence-corrected chi connectivity index (χ4v) is 4.78. The third kappa shape index (κ3) is 6.29. The first-order chi connectivity index (χ1) is 16.4. The smallest absolute Gasteiger partial charge is 0.238 e. The molecular weight excluding hydrogens is 450 g/mol. The molecule has 2 fully saturated rings. The lowest BCUT2D eigenvalue weighted by Crippen LogP contribution is -2.54. The van der Waals surface area contributed by atoms with E-state index in [0.29, 0.717) is 26.2 Å². The number of carbonyl (C=O) groups is 2. The van der Waals surface area contributed by atoms with Crippen molar-refractivity contribution >= 4 is 34.8 Å². The molecule has 182 valence electrons. The van der Waals surface area contributed by atoms with Crippen molar-refractivity contribution in [2.75, 3.05) is 75.7 Å². The number of para-hydroxylation sites is 1. The van der Waals surface area contributed by atoms with Gasteiger partial charge in [0, 0.05) is 68.8 Å². The Kier molecular flexibility index (Phi) is 8.08. The minimum absolute atomic E-state index is 0.00395. The fraction of sp³-hybridized carbons (Fsp3) is 0.462. The highest BCUT2D eigenvalue weighted by Gasteiger charge is 2.25. The molecule has 2 aliphatic heterocycles. The number of anilines is 2. The van der Waals surface area contributed by atoms with E-state index in [2.05, 4.69) is 20.0 Å². The Labute approximate surface area is 207 Å². The molecule has 2 aliphatic rings. The third-order valence-electron chi connectivity index (χ3n) is 6.76. The van der Waals surface area contributed by atoms with Crippen LogP contribution in [0.4, 0.5) is 11.4 Å². The molecule has 0 radical (unpaired) electrons. The summed E-state index contributed by atoms with van der Waals surface area (Å²) in [5.41, 5.74) is 4.21. The van der Waals surface area contributed by atoms with Crippen molar-refractivity contribution in [3.05, 3.63) is 58.6 Å². The van der Waals surface area contributed by atoms with Crippen LogP contribution in [-0.2, 0) is 9.59 Å². The summed E-state index contributed by atoms with van der Waals surface area (Å²) in [5.74, 6) is 0.176. The Morgan fingerprint density at radius 1 is 0.794 bits per heavy atom. The zero-order valence-electron chi connectivity index (χ0n) is 20.1. The van der Waals surface area contributed by atoms with Gasteiger partial charge in [-0.3, -0.25) is 19.4 Å².